The van der Waals surface area contributed by atoms with Crippen molar-refractivity contribution in [3.63, 3.8) is 0 Å². The van der Waals surface area contributed by atoms with E-state index in [1.54, 1.807) is 0 Å². The second-order valence-electron chi connectivity index (χ2n) is 2.81. The van der Waals surface area contributed by atoms with Gasteiger partial charge in [-0.25, -0.2) is 0 Å². The van der Waals surface area contributed by atoms with Gasteiger partial charge in [-0.2, -0.15) is 0 Å². The van der Waals surface area contributed by atoms with E-state index in [9.17, 15) is 4.21 Å². The van der Waals surface area contributed by atoms with Gasteiger partial charge in [0.1, 0.15) is 0 Å². The normalized spacial score (nSPS) is 22.7. The van der Waals surface area contributed by atoms with E-state index in [0.717, 1.165) is 17.9 Å². The Morgan fingerprint density at radius 1 is 1.18 bits per heavy atom. The molecule has 1 nitrogen and oxygen atoms in total. The number of fused-ring (bicyclic) bond motifs is 1. The first-order chi connectivity index (χ1) is 5.36. The molecule has 1 heterocycles. The number of aryl methyl sites for hydroxylation is 1. The predicted molar refractivity (Wildman–Crippen MR) is 46.9 cm³/mol. The summed E-state index contributed by atoms with van der Waals surface area (Å²) in [5.74, 6) is 1.60. The molecular weight excluding hydrogens is 156 g/mol. The summed E-state index contributed by atoms with van der Waals surface area (Å²) in [6.45, 7) is 0. The van der Waals surface area contributed by atoms with Crippen LogP contribution in [-0.4, -0.2) is 9.96 Å². The molecule has 0 aliphatic carbocycles. The van der Waals surface area contributed by atoms with Gasteiger partial charge in [-0.15, -0.1) is 0 Å². The molecule has 11 heavy (non-hydrogen) atoms. The molecule has 0 radical (unpaired) electrons. The van der Waals surface area contributed by atoms with Gasteiger partial charge in [0.2, 0.25) is 0 Å². The first-order valence-electron chi connectivity index (χ1n) is 3.78. The molecule has 0 saturated carbocycles. The van der Waals surface area contributed by atoms with Crippen molar-refractivity contribution in [2.24, 2.45) is 0 Å². The van der Waals surface area contributed by atoms with E-state index in [2.05, 4.69) is 12.1 Å². The van der Waals surface area contributed by atoms with Crippen LogP contribution in [0.1, 0.15) is 11.1 Å². The fraction of sp³-hybridized carbons (Fsp3) is 0.333. The standard InChI is InChI=1S/C9H10OS/c10-11-6-5-8-3-1-2-4-9(8)7-11/h1-4H,5-7H2/t11-/m1/s1. The van der Waals surface area contributed by atoms with Crippen LogP contribution < -0.4 is 0 Å². The minimum absolute atomic E-state index is 0.602. The van der Waals surface area contributed by atoms with Gasteiger partial charge >= 0.3 is 0 Å². The third kappa shape index (κ3) is 1.36. The first kappa shape index (κ1) is 7.04. The van der Waals surface area contributed by atoms with Gasteiger partial charge in [-0.1, -0.05) is 24.3 Å². The molecule has 1 aromatic carbocycles. The summed E-state index contributed by atoms with van der Waals surface area (Å²) in [6, 6.07) is 8.27. The zero-order valence-corrected chi connectivity index (χ0v) is 7.06. The van der Waals surface area contributed by atoms with Crippen molar-refractivity contribution < 1.29 is 4.21 Å². The molecule has 0 unspecified atom stereocenters. The lowest BCUT2D eigenvalue weighted by atomic mass is 10.1. The molecule has 0 spiro atoms. The Morgan fingerprint density at radius 3 is 2.73 bits per heavy atom. The quantitative estimate of drug-likeness (QED) is 0.570. The van der Waals surface area contributed by atoms with E-state index in [-0.39, 0.29) is 0 Å². The molecule has 0 bridgehead atoms. The van der Waals surface area contributed by atoms with Crippen molar-refractivity contribution in [1.29, 1.82) is 0 Å². The summed E-state index contributed by atoms with van der Waals surface area (Å²) >= 11 is 0. The molecule has 2 heteroatoms. The highest BCUT2D eigenvalue weighted by Gasteiger charge is 2.12. The molecule has 0 amide bonds. The Labute approximate surface area is 68.9 Å². The van der Waals surface area contributed by atoms with Gasteiger partial charge < -0.3 is 0 Å². The van der Waals surface area contributed by atoms with Crippen LogP contribution >= 0.6 is 0 Å². The number of benzene rings is 1. The summed E-state index contributed by atoms with van der Waals surface area (Å²) in [6.07, 6.45) is 0.989. The average molecular weight is 166 g/mol. The molecule has 0 saturated heterocycles. The van der Waals surface area contributed by atoms with Gasteiger partial charge in [0.15, 0.2) is 0 Å². The summed E-state index contributed by atoms with van der Waals surface area (Å²) in [5.41, 5.74) is 2.66. The molecule has 1 atom stereocenters. The lowest BCUT2D eigenvalue weighted by molar-refractivity contribution is 0.679. The van der Waals surface area contributed by atoms with E-state index < -0.39 is 10.8 Å². The highest BCUT2D eigenvalue weighted by molar-refractivity contribution is 7.84. The number of hydrogen-bond acceptors (Lipinski definition) is 1. The third-order valence-electron chi connectivity index (χ3n) is 2.03. The second kappa shape index (κ2) is 2.78. The van der Waals surface area contributed by atoms with Crippen LogP contribution in [0.4, 0.5) is 0 Å². The third-order valence-corrected chi connectivity index (χ3v) is 3.33. The Bertz CT molecular complexity index is 293. The lowest BCUT2D eigenvalue weighted by Gasteiger charge is -2.13. The Kier molecular flexibility index (Phi) is 1.78. The Balaban J connectivity index is 2.41. The highest BCUT2D eigenvalue weighted by Crippen LogP contribution is 2.17. The maximum Gasteiger partial charge on any atom is 0.0488 e. The zero-order valence-electron chi connectivity index (χ0n) is 6.25. The van der Waals surface area contributed by atoms with Crippen LogP contribution in [0.15, 0.2) is 24.3 Å². The van der Waals surface area contributed by atoms with Crippen molar-refractivity contribution in [2.75, 3.05) is 5.75 Å². The van der Waals surface area contributed by atoms with E-state index in [1.165, 1.54) is 11.1 Å². The fourth-order valence-electron chi connectivity index (χ4n) is 1.41. The lowest BCUT2D eigenvalue weighted by Crippen LogP contribution is -2.12. The van der Waals surface area contributed by atoms with E-state index in [0.29, 0.717) is 0 Å². The van der Waals surface area contributed by atoms with Gasteiger partial charge in [-0.05, 0) is 17.5 Å². The largest absolute Gasteiger partial charge is 0.259 e. The minimum atomic E-state index is -0.602. The van der Waals surface area contributed by atoms with Gasteiger partial charge in [0.25, 0.3) is 0 Å². The maximum absolute atomic E-state index is 11.1. The predicted octanol–water partition coefficient (Wildman–Crippen LogP) is 1.49. The topological polar surface area (TPSA) is 17.1 Å². The molecule has 0 aromatic heterocycles. The molecule has 0 N–H and O–H groups in total. The molecule has 0 fully saturated rings. The van der Waals surface area contributed by atoms with Crippen molar-refractivity contribution >= 4 is 10.8 Å². The molecule has 1 aliphatic rings. The number of rotatable bonds is 0. The fourth-order valence-corrected chi connectivity index (χ4v) is 2.63. The highest BCUT2D eigenvalue weighted by atomic mass is 32.2. The van der Waals surface area contributed by atoms with E-state index in [1.807, 2.05) is 12.1 Å². The second-order valence-corrected chi connectivity index (χ2v) is 4.38. The van der Waals surface area contributed by atoms with Crippen LogP contribution in [0.25, 0.3) is 0 Å². The maximum atomic E-state index is 11.1. The van der Waals surface area contributed by atoms with Gasteiger partial charge in [0.05, 0.1) is 0 Å². The first-order valence-corrected chi connectivity index (χ1v) is 5.27. The monoisotopic (exact) mass is 166 g/mol. The van der Waals surface area contributed by atoms with E-state index in [4.69, 9.17) is 0 Å². The van der Waals surface area contributed by atoms with Crippen LogP contribution in [0.3, 0.4) is 0 Å². The van der Waals surface area contributed by atoms with Gasteiger partial charge in [-0.3, -0.25) is 4.21 Å². The smallest absolute Gasteiger partial charge is 0.0488 e. The SMILES string of the molecule is O=[S@@]1CCc2ccccc2C1. The van der Waals surface area contributed by atoms with Crippen LogP contribution in [0.2, 0.25) is 0 Å². The molecule has 58 valence electrons. The molecule has 1 aliphatic heterocycles. The average Bonchev–Trinajstić information content (AvgIpc) is 2.04. The molecule has 2 rings (SSSR count). The van der Waals surface area contributed by atoms with Crippen LogP contribution in [0, 0.1) is 0 Å². The van der Waals surface area contributed by atoms with Crippen molar-refractivity contribution in [3.05, 3.63) is 35.4 Å². The van der Waals surface area contributed by atoms with Crippen LogP contribution in [-0.2, 0) is 23.0 Å². The van der Waals surface area contributed by atoms with Gasteiger partial charge in [0, 0.05) is 22.3 Å². The summed E-state index contributed by atoms with van der Waals surface area (Å²) in [5, 5.41) is 0. The van der Waals surface area contributed by atoms with Crippen molar-refractivity contribution in [2.45, 2.75) is 12.2 Å². The van der Waals surface area contributed by atoms with Crippen molar-refractivity contribution in [1.82, 2.24) is 0 Å². The zero-order chi connectivity index (χ0) is 7.68. The summed E-state index contributed by atoms with van der Waals surface area (Å²) in [7, 11) is -0.602. The van der Waals surface area contributed by atoms with Crippen molar-refractivity contribution in [3.8, 4) is 0 Å². The van der Waals surface area contributed by atoms with E-state index >= 15 is 0 Å². The van der Waals surface area contributed by atoms with Crippen LogP contribution in [0.5, 0.6) is 0 Å². The Morgan fingerprint density at radius 2 is 1.91 bits per heavy atom. The number of hydrogen-bond donors (Lipinski definition) is 0. The summed E-state index contributed by atoms with van der Waals surface area (Å²) < 4.78 is 11.1. The molecule has 1 aromatic rings. The Hall–Kier alpha value is -0.630. The minimum Gasteiger partial charge on any atom is -0.259 e. The molecular formula is C9H10OS. The summed E-state index contributed by atoms with van der Waals surface area (Å²) in [4.78, 5) is 0.